The summed E-state index contributed by atoms with van der Waals surface area (Å²) >= 11 is 0. The number of phenolic OH excluding ortho intramolecular Hbond substituents is 2. The Labute approximate surface area is 262 Å². The van der Waals surface area contributed by atoms with Gasteiger partial charge in [0.25, 0.3) is 0 Å². The average molecular weight is 496 g/mol. The number of para-hydroxylation sites is 2. The molecule has 34 heavy (non-hydrogen) atoms. The molecule has 2 rings (SSSR count). The van der Waals surface area contributed by atoms with Crippen LogP contribution < -0.4 is 104 Å². The Kier molecular flexibility index (Phi) is 23.2. The third-order valence-corrected chi connectivity index (χ3v) is 3.61. The minimum atomic E-state index is -1.47. The minimum Gasteiger partial charge on any atom is -0.550 e. The van der Waals surface area contributed by atoms with Crippen molar-refractivity contribution < 1.29 is 129 Å². The van der Waals surface area contributed by atoms with Crippen molar-refractivity contribution >= 4 is 30.3 Å². The van der Waals surface area contributed by atoms with Crippen molar-refractivity contribution in [1.29, 1.82) is 0 Å². The molecule has 10 nitrogen and oxygen atoms in total. The molecule has 2 N–H and O–H groups in total. The van der Waals surface area contributed by atoms with E-state index in [0.717, 1.165) is 0 Å². The van der Waals surface area contributed by atoms with Gasteiger partial charge in [-0.2, -0.15) is 0 Å². The van der Waals surface area contributed by atoms with E-state index in [1.54, 1.807) is 36.4 Å². The number of phenols is 2. The first-order valence-corrected chi connectivity index (χ1v) is 8.90. The standard InChI is InChI=1S/C12H13NO5.C9H9NO3.3Na/c14-10-4-2-1-3-8(10)7-13-9(12(17)18)5-6-11(15)16;11-8-4-2-1-3-7(8)5-10-6-9(12)13;;;/h1-4,7,9,14H,5-6H2,(H,15,16)(H,17,18);1-5,11H,6H2,(H,12,13);;;/q;;3*+1/p-3. The number of hydrogen-bond donors (Lipinski definition) is 2. The molecule has 2 aromatic carbocycles. The third kappa shape index (κ3) is 16.4. The monoisotopic (exact) mass is 496 g/mol. The van der Waals surface area contributed by atoms with Crippen LogP contribution >= 0.6 is 0 Å². The van der Waals surface area contributed by atoms with E-state index < -0.39 is 36.9 Å². The van der Waals surface area contributed by atoms with Crippen LogP contribution in [-0.4, -0.2) is 53.1 Å². The summed E-state index contributed by atoms with van der Waals surface area (Å²) < 4.78 is 0. The zero-order chi connectivity index (χ0) is 23.2. The fraction of sp³-hybridized carbons (Fsp3) is 0.190. The van der Waals surface area contributed by atoms with Crippen molar-refractivity contribution in [2.24, 2.45) is 9.98 Å². The van der Waals surface area contributed by atoms with Gasteiger partial charge in [-0.25, -0.2) is 0 Å². The van der Waals surface area contributed by atoms with Crippen molar-refractivity contribution in [3.63, 3.8) is 0 Å². The van der Waals surface area contributed by atoms with E-state index in [1.807, 2.05) is 0 Å². The first-order valence-electron chi connectivity index (χ1n) is 8.90. The number of nitrogens with zero attached hydrogens (tertiary/aromatic N) is 2. The van der Waals surface area contributed by atoms with Gasteiger partial charge in [0.2, 0.25) is 0 Å². The fourth-order valence-corrected chi connectivity index (χ4v) is 2.09. The van der Waals surface area contributed by atoms with Gasteiger partial charge in [-0.15, -0.1) is 0 Å². The number of carboxylic acid groups (broad SMARTS) is 3. The van der Waals surface area contributed by atoms with Crippen LogP contribution in [-0.2, 0) is 14.4 Å². The van der Waals surface area contributed by atoms with Gasteiger partial charge >= 0.3 is 88.7 Å². The molecule has 164 valence electrons. The second-order valence-corrected chi connectivity index (χ2v) is 5.98. The van der Waals surface area contributed by atoms with E-state index in [2.05, 4.69) is 9.98 Å². The Hall–Kier alpha value is -1.21. The van der Waals surface area contributed by atoms with Crippen LogP contribution in [0.3, 0.4) is 0 Å². The molecule has 0 aliphatic heterocycles. The zero-order valence-corrected chi connectivity index (χ0v) is 25.2. The van der Waals surface area contributed by atoms with Gasteiger partial charge in [-0.05, 0) is 37.1 Å². The molecule has 0 spiro atoms. The molecule has 0 saturated carbocycles. The molecule has 0 aromatic heterocycles. The summed E-state index contributed by atoms with van der Waals surface area (Å²) in [5, 5.41) is 49.6. The van der Waals surface area contributed by atoms with E-state index in [4.69, 9.17) is 0 Å². The van der Waals surface area contributed by atoms with Crippen molar-refractivity contribution in [2.45, 2.75) is 18.9 Å². The first-order chi connectivity index (χ1) is 14.7. The molecular formula is C21H19N2Na3O8. The molecule has 0 aliphatic rings. The summed E-state index contributed by atoms with van der Waals surface area (Å²) in [6.07, 6.45) is 1.84. The van der Waals surface area contributed by atoms with E-state index in [9.17, 15) is 39.9 Å². The quantitative estimate of drug-likeness (QED) is 0.253. The van der Waals surface area contributed by atoms with E-state index in [0.29, 0.717) is 11.1 Å². The minimum absolute atomic E-state index is 0. The number of rotatable bonds is 9. The zero-order valence-electron chi connectivity index (χ0n) is 19.2. The fourth-order valence-electron chi connectivity index (χ4n) is 2.09. The van der Waals surface area contributed by atoms with Gasteiger partial charge in [-0.1, -0.05) is 24.3 Å². The van der Waals surface area contributed by atoms with Crippen molar-refractivity contribution in [2.75, 3.05) is 6.54 Å². The predicted octanol–water partition coefficient (Wildman–Crippen LogP) is -11.0. The molecule has 2 aromatic rings. The van der Waals surface area contributed by atoms with Crippen LogP contribution in [0.2, 0.25) is 0 Å². The number of carboxylic acids is 3. The van der Waals surface area contributed by atoms with E-state index in [-0.39, 0.29) is 107 Å². The molecular weight excluding hydrogens is 477 g/mol. The number of carbonyl (C=O) groups is 3. The van der Waals surface area contributed by atoms with Crippen molar-refractivity contribution in [1.82, 2.24) is 0 Å². The summed E-state index contributed by atoms with van der Waals surface area (Å²) in [6.45, 7) is -0.395. The maximum atomic E-state index is 10.7. The molecule has 0 heterocycles. The molecule has 0 aliphatic carbocycles. The molecule has 1 unspecified atom stereocenters. The third-order valence-electron chi connectivity index (χ3n) is 3.61. The normalized spacial score (nSPS) is 10.6. The van der Waals surface area contributed by atoms with Gasteiger partial charge in [0, 0.05) is 29.5 Å². The second-order valence-electron chi connectivity index (χ2n) is 5.98. The van der Waals surface area contributed by atoms with Gasteiger partial charge in [-0.3, -0.25) is 9.98 Å². The molecule has 13 heteroatoms. The summed E-state index contributed by atoms with van der Waals surface area (Å²) in [5.74, 6) is -4.03. The summed E-state index contributed by atoms with van der Waals surface area (Å²) in [5.41, 5.74) is 0.834. The molecule has 0 saturated heterocycles. The summed E-state index contributed by atoms with van der Waals surface area (Å²) in [7, 11) is 0. The molecule has 0 fully saturated rings. The number of aromatic hydroxyl groups is 2. The van der Waals surface area contributed by atoms with Gasteiger partial charge in [0.1, 0.15) is 11.5 Å². The SMILES string of the molecule is O=C([O-])CCC(N=Cc1ccccc1O)C(=O)[O-].O=C([O-])CN=Cc1ccccc1O.[Na+].[Na+].[Na+]. The Morgan fingerprint density at radius 3 is 1.68 bits per heavy atom. The molecule has 1 atom stereocenters. The van der Waals surface area contributed by atoms with Gasteiger partial charge < -0.3 is 39.9 Å². The summed E-state index contributed by atoms with van der Waals surface area (Å²) in [4.78, 5) is 38.2. The van der Waals surface area contributed by atoms with Crippen LogP contribution in [0.1, 0.15) is 24.0 Å². The van der Waals surface area contributed by atoms with Crippen LogP contribution in [0, 0.1) is 0 Å². The topological polar surface area (TPSA) is 186 Å². The number of aliphatic imine (C=N–C) groups is 2. The maximum Gasteiger partial charge on any atom is 1.00 e. The number of benzene rings is 2. The van der Waals surface area contributed by atoms with Crippen LogP contribution in [0.25, 0.3) is 0 Å². The average Bonchev–Trinajstić information content (AvgIpc) is 2.70. The van der Waals surface area contributed by atoms with Crippen LogP contribution in [0.4, 0.5) is 0 Å². The summed E-state index contributed by atoms with van der Waals surface area (Å²) in [6, 6.07) is 11.5. The predicted molar refractivity (Wildman–Crippen MR) is 104 cm³/mol. The Balaban J connectivity index is -0.000000541. The Morgan fingerprint density at radius 2 is 1.26 bits per heavy atom. The van der Waals surface area contributed by atoms with Crippen LogP contribution in [0.15, 0.2) is 58.5 Å². The van der Waals surface area contributed by atoms with Crippen molar-refractivity contribution in [3.05, 3.63) is 59.7 Å². The smallest absolute Gasteiger partial charge is 0.550 e. The first kappa shape index (κ1) is 37.3. The van der Waals surface area contributed by atoms with Crippen molar-refractivity contribution in [3.8, 4) is 11.5 Å². The second kappa shape index (κ2) is 21.1. The largest absolute Gasteiger partial charge is 1.00 e. The maximum absolute atomic E-state index is 10.7. The number of carbonyl (C=O) groups excluding carboxylic acids is 3. The molecule has 0 radical (unpaired) electrons. The van der Waals surface area contributed by atoms with Crippen LogP contribution in [0.5, 0.6) is 11.5 Å². The van der Waals surface area contributed by atoms with E-state index in [1.165, 1.54) is 24.6 Å². The molecule has 0 amide bonds. The van der Waals surface area contributed by atoms with Gasteiger partial charge in [0.15, 0.2) is 0 Å². The Bertz CT molecular complexity index is 971. The number of aliphatic carboxylic acids is 3. The number of hydrogen-bond acceptors (Lipinski definition) is 10. The Morgan fingerprint density at radius 1 is 0.794 bits per heavy atom. The van der Waals surface area contributed by atoms with E-state index >= 15 is 0 Å². The molecule has 0 bridgehead atoms. The van der Waals surface area contributed by atoms with Gasteiger partial charge in [0.05, 0.1) is 24.5 Å².